The van der Waals surface area contributed by atoms with Crippen LogP contribution in [0.25, 0.3) is 10.9 Å². The van der Waals surface area contributed by atoms with E-state index in [0.29, 0.717) is 12.2 Å². The van der Waals surface area contributed by atoms with Gasteiger partial charge in [0.2, 0.25) is 0 Å². The second-order valence-corrected chi connectivity index (χ2v) is 4.62. The smallest absolute Gasteiger partial charge is 0.146 e. The lowest BCUT2D eigenvalue weighted by Gasteiger charge is -2.12. The molecule has 6 heteroatoms. The lowest BCUT2D eigenvalue weighted by Crippen LogP contribution is -2.31. The minimum Gasteiger partial charge on any atom is -0.271 e. The molecule has 0 fully saturated rings. The van der Waals surface area contributed by atoms with Crippen LogP contribution in [0.2, 0.25) is 0 Å². The minimum atomic E-state index is -0.158. The van der Waals surface area contributed by atoms with Gasteiger partial charge in [0.05, 0.1) is 17.3 Å². The molecule has 2 aromatic heterocycles. The first-order valence-corrected chi connectivity index (χ1v) is 6.43. The van der Waals surface area contributed by atoms with Gasteiger partial charge in [0.1, 0.15) is 5.82 Å². The fourth-order valence-corrected chi connectivity index (χ4v) is 2.35. The van der Waals surface area contributed by atoms with E-state index in [0.717, 1.165) is 16.6 Å². The number of fused-ring (bicyclic) bond motifs is 1. The van der Waals surface area contributed by atoms with Gasteiger partial charge < -0.3 is 0 Å². The number of para-hydroxylation sites is 1. The number of aromatic nitrogens is 4. The maximum absolute atomic E-state index is 5.64. The Bertz CT molecular complexity index is 706. The zero-order valence-corrected chi connectivity index (χ0v) is 11.2. The summed E-state index contributed by atoms with van der Waals surface area (Å²) >= 11 is 0. The average molecular weight is 268 g/mol. The molecule has 1 atom stereocenters. The molecule has 0 spiro atoms. The van der Waals surface area contributed by atoms with Gasteiger partial charge in [0.15, 0.2) is 0 Å². The standard InChI is InChI=1S/C14H16N6/c1-20-13-6-3-2-5-10(13)11(19-20)9-12(18-15)14-16-7-4-8-17-14/h2-8,12,18H,9,15H2,1H3. The maximum atomic E-state index is 5.64. The van der Waals surface area contributed by atoms with E-state index in [1.54, 1.807) is 18.5 Å². The lowest BCUT2D eigenvalue weighted by molar-refractivity contribution is 0.515. The molecule has 0 radical (unpaired) electrons. The molecule has 1 unspecified atom stereocenters. The number of hydrazine groups is 1. The Morgan fingerprint density at radius 1 is 1.20 bits per heavy atom. The van der Waals surface area contributed by atoms with E-state index >= 15 is 0 Å². The minimum absolute atomic E-state index is 0.158. The molecule has 3 aromatic rings. The molecule has 3 N–H and O–H groups in total. The number of rotatable bonds is 4. The zero-order valence-electron chi connectivity index (χ0n) is 11.2. The van der Waals surface area contributed by atoms with Crippen molar-refractivity contribution in [3.63, 3.8) is 0 Å². The van der Waals surface area contributed by atoms with Crippen LogP contribution in [0.5, 0.6) is 0 Å². The Labute approximate surface area is 116 Å². The summed E-state index contributed by atoms with van der Waals surface area (Å²) in [6, 6.07) is 9.76. The van der Waals surface area contributed by atoms with Gasteiger partial charge in [0, 0.05) is 31.2 Å². The fourth-order valence-electron chi connectivity index (χ4n) is 2.35. The molecule has 0 amide bonds. The first-order chi connectivity index (χ1) is 9.79. The molecular formula is C14H16N6. The molecule has 20 heavy (non-hydrogen) atoms. The summed E-state index contributed by atoms with van der Waals surface area (Å²) in [6.45, 7) is 0. The van der Waals surface area contributed by atoms with Crippen molar-refractivity contribution in [1.82, 2.24) is 25.2 Å². The third-order valence-corrected chi connectivity index (χ3v) is 3.33. The van der Waals surface area contributed by atoms with Crippen LogP contribution in [0.1, 0.15) is 17.6 Å². The molecule has 0 aliphatic rings. The number of nitrogens with one attached hydrogen (secondary N) is 1. The van der Waals surface area contributed by atoms with E-state index in [-0.39, 0.29) is 6.04 Å². The van der Waals surface area contributed by atoms with Crippen molar-refractivity contribution in [2.75, 3.05) is 0 Å². The molecule has 0 bridgehead atoms. The first kappa shape index (κ1) is 12.7. The highest BCUT2D eigenvalue weighted by Crippen LogP contribution is 2.21. The van der Waals surface area contributed by atoms with E-state index in [1.807, 2.05) is 23.9 Å². The molecular weight excluding hydrogens is 252 g/mol. The molecule has 2 heterocycles. The lowest BCUT2D eigenvalue weighted by atomic mass is 10.1. The van der Waals surface area contributed by atoms with Crippen molar-refractivity contribution in [3.05, 3.63) is 54.2 Å². The Morgan fingerprint density at radius 2 is 1.95 bits per heavy atom. The number of nitrogens with zero attached hydrogens (tertiary/aromatic N) is 4. The number of aryl methyl sites for hydroxylation is 1. The molecule has 0 aliphatic carbocycles. The van der Waals surface area contributed by atoms with Crippen LogP contribution >= 0.6 is 0 Å². The number of benzene rings is 1. The Morgan fingerprint density at radius 3 is 2.70 bits per heavy atom. The van der Waals surface area contributed by atoms with E-state index in [4.69, 9.17) is 5.84 Å². The van der Waals surface area contributed by atoms with Crippen molar-refractivity contribution in [2.24, 2.45) is 12.9 Å². The van der Waals surface area contributed by atoms with Gasteiger partial charge >= 0.3 is 0 Å². The van der Waals surface area contributed by atoms with Crippen LogP contribution in [-0.4, -0.2) is 19.7 Å². The van der Waals surface area contributed by atoms with E-state index < -0.39 is 0 Å². The summed E-state index contributed by atoms with van der Waals surface area (Å²) in [5.74, 6) is 6.31. The zero-order chi connectivity index (χ0) is 13.9. The predicted molar refractivity (Wildman–Crippen MR) is 76.5 cm³/mol. The van der Waals surface area contributed by atoms with Crippen LogP contribution in [0.4, 0.5) is 0 Å². The SMILES string of the molecule is Cn1nc(CC(NN)c2ncccn2)c2ccccc21. The Hall–Kier alpha value is -2.31. The molecule has 0 saturated carbocycles. The number of hydrogen-bond acceptors (Lipinski definition) is 5. The molecule has 1 aromatic carbocycles. The van der Waals surface area contributed by atoms with Crippen molar-refractivity contribution < 1.29 is 0 Å². The normalized spacial score (nSPS) is 12.7. The monoisotopic (exact) mass is 268 g/mol. The summed E-state index contributed by atoms with van der Waals surface area (Å²) in [5.41, 5.74) is 4.86. The van der Waals surface area contributed by atoms with E-state index in [2.05, 4.69) is 32.6 Å². The van der Waals surface area contributed by atoms with Gasteiger partial charge in [-0.2, -0.15) is 5.10 Å². The fraction of sp³-hybridized carbons (Fsp3) is 0.214. The van der Waals surface area contributed by atoms with Crippen molar-refractivity contribution in [2.45, 2.75) is 12.5 Å². The summed E-state index contributed by atoms with van der Waals surface area (Å²) in [7, 11) is 1.94. The van der Waals surface area contributed by atoms with Crippen molar-refractivity contribution >= 4 is 10.9 Å². The summed E-state index contributed by atoms with van der Waals surface area (Å²) < 4.78 is 1.88. The van der Waals surface area contributed by atoms with Crippen molar-refractivity contribution in [1.29, 1.82) is 0 Å². The van der Waals surface area contributed by atoms with Gasteiger partial charge in [-0.3, -0.25) is 10.5 Å². The van der Waals surface area contributed by atoms with Crippen LogP contribution in [0, 0.1) is 0 Å². The van der Waals surface area contributed by atoms with Crippen LogP contribution in [0.3, 0.4) is 0 Å². The molecule has 102 valence electrons. The molecule has 0 aliphatic heterocycles. The second-order valence-electron chi connectivity index (χ2n) is 4.62. The number of hydrogen-bond donors (Lipinski definition) is 2. The Kier molecular flexibility index (Phi) is 3.41. The van der Waals surface area contributed by atoms with Crippen LogP contribution in [0.15, 0.2) is 42.7 Å². The van der Waals surface area contributed by atoms with Gasteiger partial charge in [-0.1, -0.05) is 18.2 Å². The maximum Gasteiger partial charge on any atom is 0.146 e. The summed E-state index contributed by atoms with van der Waals surface area (Å²) in [5, 5.41) is 5.70. The largest absolute Gasteiger partial charge is 0.271 e. The van der Waals surface area contributed by atoms with E-state index in [9.17, 15) is 0 Å². The first-order valence-electron chi connectivity index (χ1n) is 6.43. The second kappa shape index (κ2) is 5.36. The average Bonchev–Trinajstić information content (AvgIpc) is 2.82. The molecule has 6 nitrogen and oxygen atoms in total. The highest BCUT2D eigenvalue weighted by atomic mass is 15.3. The highest BCUT2D eigenvalue weighted by Gasteiger charge is 2.17. The third kappa shape index (κ3) is 2.26. The molecule has 0 saturated heterocycles. The topological polar surface area (TPSA) is 81.7 Å². The van der Waals surface area contributed by atoms with Crippen LogP contribution < -0.4 is 11.3 Å². The summed E-state index contributed by atoms with van der Waals surface area (Å²) in [6.07, 6.45) is 4.06. The Balaban J connectivity index is 1.96. The van der Waals surface area contributed by atoms with Gasteiger partial charge in [-0.05, 0) is 12.1 Å². The van der Waals surface area contributed by atoms with E-state index in [1.165, 1.54) is 0 Å². The third-order valence-electron chi connectivity index (χ3n) is 3.33. The van der Waals surface area contributed by atoms with Gasteiger partial charge in [-0.25, -0.2) is 15.4 Å². The van der Waals surface area contributed by atoms with Gasteiger partial charge in [-0.15, -0.1) is 0 Å². The summed E-state index contributed by atoms with van der Waals surface area (Å²) in [4.78, 5) is 8.49. The van der Waals surface area contributed by atoms with Crippen molar-refractivity contribution in [3.8, 4) is 0 Å². The van der Waals surface area contributed by atoms with Gasteiger partial charge in [0.25, 0.3) is 0 Å². The molecule has 3 rings (SSSR count). The highest BCUT2D eigenvalue weighted by molar-refractivity contribution is 5.81. The number of nitrogens with two attached hydrogens (primary N) is 1. The predicted octanol–water partition coefficient (Wildman–Crippen LogP) is 1.11. The van der Waals surface area contributed by atoms with Crippen LogP contribution in [-0.2, 0) is 13.5 Å². The quantitative estimate of drug-likeness (QED) is 0.547.